The Hall–Kier alpha value is -2.11. The summed E-state index contributed by atoms with van der Waals surface area (Å²) in [5.74, 6) is -3.43. The minimum atomic E-state index is -1.18. The lowest BCUT2D eigenvalue weighted by Crippen LogP contribution is -2.42. The molecule has 0 saturated heterocycles. The van der Waals surface area contributed by atoms with Crippen LogP contribution in [0, 0.1) is 5.82 Å². The van der Waals surface area contributed by atoms with Crippen molar-refractivity contribution in [1.29, 1.82) is 0 Å². The summed E-state index contributed by atoms with van der Waals surface area (Å²) in [7, 11) is 1.26. The molecule has 18 heavy (non-hydrogen) atoms. The van der Waals surface area contributed by atoms with Crippen molar-refractivity contribution in [3.8, 4) is 5.75 Å². The van der Waals surface area contributed by atoms with Gasteiger partial charge in [-0.25, -0.2) is 9.18 Å². The molecule has 0 aliphatic heterocycles. The number of carbonyl (C=O) groups excluding carboxylic acids is 1. The zero-order chi connectivity index (χ0) is 13.9. The number of carboxylic acid groups (broad SMARTS) is 1. The first-order chi connectivity index (χ1) is 8.40. The first-order valence-corrected chi connectivity index (χ1v) is 5.37. The van der Waals surface area contributed by atoms with Gasteiger partial charge in [0.2, 0.25) is 0 Å². The van der Waals surface area contributed by atoms with Crippen LogP contribution in [0.15, 0.2) is 18.2 Å². The summed E-state index contributed by atoms with van der Waals surface area (Å²) in [4.78, 5) is 23.8. The number of carbonyl (C=O) groups is 2. The van der Waals surface area contributed by atoms with E-state index in [-0.39, 0.29) is 6.42 Å². The number of carboxylic acids is 1. The lowest BCUT2D eigenvalue weighted by atomic mass is 10.1. The van der Waals surface area contributed by atoms with Gasteiger partial charge < -0.3 is 15.1 Å². The van der Waals surface area contributed by atoms with Crippen LogP contribution in [0.5, 0.6) is 5.75 Å². The maximum absolute atomic E-state index is 13.5. The van der Waals surface area contributed by atoms with E-state index in [9.17, 15) is 19.1 Å². The molecule has 0 spiro atoms. The number of amides is 1. The molecule has 0 heterocycles. The van der Waals surface area contributed by atoms with Gasteiger partial charge in [0.25, 0.3) is 5.91 Å². The van der Waals surface area contributed by atoms with Crippen LogP contribution in [0.1, 0.15) is 23.7 Å². The molecule has 1 atom stereocenters. The zero-order valence-corrected chi connectivity index (χ0v) is 10.1. The van der Waals surface area contributed by atoms with E-state index >= 15 is 0 Å². The highest BCUT2D eigenvalue weighted by atomic mass is 19.1. The van der Waals surface area contributed by atoms with Gasteiger partial charge in [0, 0.05) is 7.05 Å². The summed E-state index contributed by atoms with van der Waals surface area (Å²) in [6.45, 7) is 1.60. The molecular weight excluding hydrogens is 241 g/mol. The molecule has 6 heteroatoms. The Morgan fingerprint density at radius 1 is 1.44 bits per heavy atom. The van der Waals surface area contributed by atoms with Crippen molar-refractivity contribution in [3.63, 3.8) is 0 Å². The van der Waals surface area contributed by atoms with Gasteiger partial charge in [-0.05, 0) is 18.6 Å². The predicted molar refractivity (Wildman–Crippen MR) is 61.9 cm³/mol. The van der Waals surface area contributed by atoms with E-state index in [1.807, 2.05) is 0 Å². The van der Waals surface area contributed by atoms with E-state index in [2.05, 4.69) is 0 Å². The number of likely N-dealkylation sites (N-methyl/N-ethyl adjacent to an activating group) is 1. The Morgan fingerprint density at radius 3 is 2.50 bits per heavy atom. The molecule has 1 rings (SSSR count). The Morgan fingerprint density at radius 2 is 2.06 bits per heavy atom. The second-order valence-electron chi connectivity index (χ2n) is 3.81. The summed E-state index contributed by atoms with van der Waals surface area (Å²) in [5.41, 5.74) is -0.514. The van der Waals surface area contributed by atoms with Gasteiger partial charge in [0.1, 0.15) is 23.2 Å². The summed E-state index contributed by atoms with van der Waals surface area (Å²) in [5, 5.41) is 18.4. The molecule has 5 nitrogen and oxygen atoms in total. The van der Waals surface area contributed by atoms with Crippen molar-refractivity contribution in [2.24, 2.45) is 0 Å². The number of halogens is 1. The Kier molecular flexibility index (Phi) is 4.25. The third-order valence-electron chi connectivity index (χ3n) is 2.67. The Balaban J connectivity index is 3.11. The number of nitrogens with zero attached hydrogens (tertiary/aromatic N) is 1. The van der Waals surface area contributed by atoms with Crippen LogP contribution in [0.3, 0.4) is 0 Å². The molecule has 1 unspecified atom stereocenters. The first-order valence-electron chi connectivity index (χ1n) is 5.37. The fourth-order valence-corrected chi connectivity index (χ4v) is 1.66. The minimum absolute atomic E-state index is 0.187. The topological polar surface area (TPSA) is 77.8 Å². The number of hydrogen-bond donors (Lipinski definition) is 2. The highest BCUT2D eigenvalue weighted by molar-refractivity contribution is 5.98. The SMILES string of the molecule is CCC(C(=O)O)N(C)C(=O)c1c(O)cccc1F. The maximum atomic E-state index is 13.5. The third-order valence-corrected chi connectivity index (χ3v) is 2.67. The molecule has 0 radical (unpaired) electrons. The normalized spacial score (nSPS) is 11.9. The summed E-state index contributed by atoms with van der Waals surface area (Å²) in [6.07, 6.45) is 0.187. The smallest absolute Gasteiger partial charge is 0.326 e. The fourth-order valence-electron chi connectivity index (χ4n) is 1.66. The molecule has 1 amide bonds. The van der Waals surface area contributed by atoms with Crippen molar-refractivity contribution >= 4 is 11.9 Å². The number of benzene rings is 1. The summed E-state index contributed by atoms with van der Waals surface area (Å²) >= 11 is 0. The summed E-state index contributed by atoms with van der Waals surface area (Å²) in [6, 6.07) is 2.40. The Labute approximate surface area is 103 Å². The fraction of sp³-hybridized carbons (Fsp3) is 0.333. The molecule has 0 aliphatic carbocycles. The quantitative estimate of drug-likeness (QED) is 0.854. The molecule has 0 aliphatic rings. The molecule has 2 N–H and O–H groups in total. The highest BCUT2D eigenvalue weighted by Crippen LogP contribution is 2.22. The van der Waals surface area contributed by atoms with Gasteiger partial charge in [-0.3, -0.25) is 4.79 Å². The van der Waals surface area contributed by atoms with Crippen molar-refractivity contribution in [2.45, 2.75) is 19.4 Å². The molecule has 0 fully saturated rings. The van der Waals surface area contributed by atoms with Crippen LogP contribution in [-0.2, 0) is 4.79 Å². The van der Waals surface area contributed by atoms with Crippen LogP contribution in [0.25, 0.3) is 0 Å². The number of hydrogen-bond acceptors (Lipinski definition) is 3. The number of phenolic OH excluding ortho intramolecular Hbond substituents is 1. The number of phenols is 1. The van der Waals surface area contributed by atoms with Crippen molar-refractivity contribution in [1.82, 2.24) is 4.90 Å². The van der Waals surface area contributed by atoms with Gasteiger partial charge in [-0.2, -0.15) is 0 Å². The molecular formula is C12H14FNO4. The van der Waals surface area contributed by atoms with E-state index in [0.29, 0.717) is 0 Å². The molecule has 0 bridgehead atoms. The Bertz CT molecular complexity index is 455. The first kappa shape index (κ1) is 14.0. The lowest BCUT2D eigenvalue weighted by molar-refractivity contribution is -0.142. The molecule has 1 aromatic carbocycles. The van der Waals surface area contributed by atoms with Crippen molar-refractivity contribution in [2.75, 3.05) is 7.05 Å². The lowest BCUT2D eigenvalue weighted by Gasteiger charge is -2.24. The summed E-state index contributed by atoms with van der Waals surface area (Å²) < 4.78 is 13.5. The van der Waals surface area contributed by atoms with Gasteiger partial charge in [0.05, 0.1) is 0 Å². The minimum Gasteiger partial charge on any atom is -0.507 e. The van der Waals surface area contributed by atoms with Gasteiger partial charge in [0.15, 0.2) is 0 Å². The predicted octanol–water partition coefficient (Wildman–Crippen LogP) is 1.47. The number of rotatable bonds is 4. The average Bonchev–Trinajstić information content (AvgIpc) is 2.28. The largest absolute Gasteiger partial charge is 0.507 e. The van der Waals surface area contributed by atoms with E-state index in [1.54, 1.807) is 6.92 Å². The van der Waals surface area contributed by atoms with E-state index in [0.717, 1.165) is 11.0 Å². The van der Waals surface area contributed by atoms with Gasteiger partial charge >= 0.3 is 5.97 Å². The monoisotopic (exact) mass is 255 g/mol. The second-order valence-corrected chi connectivity index (χ2v) is 3.81. The van der Waals surface area contributed by atoms with Crippen LogP contribution in [-0.4, -0.2) is 40.1 Å². The molecule has 0 aromatic heterocycles. The van der Waals surface area contributed by atoms with Crippen LogP contribution in [0.2, 0.25) is 0 Å². The van der Waals surface area contributed by atoms with Crippen LogP contribution >= 0.6 is 0 Å². The highest BCUT2D eigenvalue weighted by Gasteiger charge is 2.28. The third kappa shape index (κ3) is 2.58. The number of aliphatic carboxylic acids is 1. The van der Waals surface area contributed by atoms with E-state index in [1.165, 1.54) is 19.2 Å². The van der Waals surface area contributed by atoms with E-state index < -0.39 is 35.0 Å². The molecule has 98 valence electrons. The van der Waals surface area contributed by atoms with Crippen LogP contribution < -0.4 is 0 Å². The molecule has 1 aromatic rings. The van der Waals surface area contributed by atoms with Crippen LogP contribution in [0.4, 0.5) is 4.39 Å². The van der Waals surface area contributed by atoms with Crippen molar-refractivity contribution in [3.05, 3.63) is 29.6 Å². The number of aromatic hydroxyl groups is 1. The van der Waals surface area contributed by atoms with Gasteiger partial charge in [-0.15, -0.1) is 0 Å². The average molecular weight is 255 g/mol. The van der Waals surface area contributed by atoms with Gasteiger partial charge in [-0.1, -0.05) is 13.0 Å². The van der Waals surface area contributed by atoms with Crippen molar-refractivity contribution < 1.29 is 24.2 Å². The molecule has 0 saturated carbocycles. The second kappa shape index (κ2) is 5.48. The standard InChI is InChI=1S/C12H14FNO4/c1-3-8(12(17)18)14(2)11(16)10-7(13)5-4-6-9(10)15/h4-6,8,15H,3H2,1-2H3,(H,17,18). The zero-order valence-electron chi connectivity index (χ0n) is 10.1. The van der Waals surface area contributed by atoms with E-state index in [4.69, 9.17) is 5.11 Å². The maximum Gasteiger partial charge on any atom is 0.326 e.